The fourth-order valence-electron chi connectivity index (χ4n) is 8.59. The Hall–Kier alpha value is -6.24. The molecule has 2 saturated heterocycles. The highest BCUT2D eigenvalue weighted by molar-refractivity contribution is 6.31. The minimum absolute atomic E-state index is 0.0870. The zero-order valence-electron chi connectivity index (χ0n) is 33.3. The van der Waals surface area contributed by atoms with Gasteiger partial charge < -0.3 is 30.2 Å². The molecule has 2 fully saturated rings. The number of amides is 3. The minimum Gasteiger partial charge on any atom is -0.428 e. The van der Waals surface area contributed by atoms with Gasteiger partial charge >= 0.3 is 6.09 Å². The number of likely N-dealkylation sites (N-methyl/N-ethyl adjacent to an activating group) is 1. The van der Waals surface area contributed by atoms with Crippen LogP contribution in [0.2, 0.25) is 5.02 Å². The molecule has 0 spiro atoms. The molecule has 2 aliphatic heterocycles. The number of nitrogens with two attached hydrogens (primary N) is 1. The summed E-state index contributed by atoms with van der Waals surface area (Å²) in [5, 5.41) is 0.298. The summed E-state index contributed by atoms with van der Waals surface area (Å²) in [7, 11) is 3.89. The Morgan fingerprint density at radius 2 is 1.24 bits per heavy atom. The second-order valence-electron chi connectivity index (χ2n) is 15.6. The maximum Gasteiger partial charge on any atom is 0.405 e. The van der Waals surface area contributed by atoms with Gasteiger partial charge in [-0.1, -0.05) is 109 Å². The fourth-order valence-corrected chi connectivity index (χ4v) is 8.91. The van der Waals surface area contributed by atoms with Crippen LogP contribution in [0.15, 0.2) is 116 Å². The van der Waals surface area contributed by atoms with Crippen LogP contribution in [0, 0.1) is 0 Å². The summed E-state index contributed by atoms with van der Waals surface area (Å²) in [4.78, 5) is 62.1. The topological polar surface area (TPSA) is 154 Å². The van der Waals surface area contributed by atoms with Crippen LogP contribution in [0.25, 0.3) is 33.6 Å². The van der Waals surface area contributed by atoms with Crippen molar-refractivity contribution in [3.8, 4) is 33.6 Å². The normalized spacial score (nSPS) is 18.2. The molecule has 0 saturated carbocycles. The quantitative estimate of drug-likeness (QED) is 0.119. The predicted molar refractivity (Wildman–Crippen MR) is 227 cm³/mol. The lowest BCUT2D eigenvalue weighted by atomic mass is 9.93. The number of imidazole rings is 2. The number of nitrogens with zero attached hydrogens (tertiary/aromatic N) is 5. The maximum atomic E-state index is 14.1. The average Bonchev–Trinajstić information content (AvgIpc) is 4.08. The molecule has 0 unspecified atom stereocenters. The molecule has 0 radical (unpaired) electrons. The number of hydrogen-bond donors (Lipinski definition) is 3. The third-order valence-electron chi connectivity index (χ3n) is 11.6. The number of halogens is 1. The van der Waals surface area contributed by atoms with Gasteiger partial charge in [-0.2, -0.15) is 0 Å². The number of carbonyl (C=O) groups excluding carboxylic acids is 3. The molecule has 12 nitrogen and oxygen atoms in total. The number of rotatable bonds is 11. The molecule has 4 heterocycles. The number of carbonyl (C=O) groups is 3. The first-order chi connectivity index (χ1) is 28.5. The highest BCUT2D eigenvalue weighted by atomic mass is 35.5. The van der Waals surface area contributed by atoms with E-state index in [2.05, 4.69) is 51.4 Å². The number of nitrogens with one attached hydrogen (secondary N) is 2. The monoisotopic (exact) mass is 810 g/mol. The molecule has 4 aromatic carbocycles. The van der Waals surface area contributed by atoms with Crippen LogP contribution in [0.4, 0.5) is 4.79 Å². The minimum atomic E-state index is -1.71. The van der Waals surface area contributed by atoms with E-state index in [1.54, 1.807) is 35.4 Å². The smallest absolute Gasteiger partial charge is 0.405 e. The Morgan fingerprint density at radius 3 is 1.76 bits per heavy atom. The molecule has 8 rings (SSSR count). The number of ether oxygens (including phenoxy) is 1. The second kappa shape index (κ2) is 16.6. The lowest BCUT2D eigenvalue weighted by molar-refractivity contribution is -0.151. The Balaban J connectivity index is 0.941. The number of benzene rings is 4. The summed E-state index contributed by atoms with van der Waals surface area (Å²) in [6.45, 7) is 2.69. The number of aromatic nitrogens is 4. The van der Waals surface area contributed by atoms with E-state index < -0.39 is 17.6 Å². The summed E-state index contributed by atoms with van der Waals surface area (Å²) >= 11 is 6.48. The molecule has 3 amide bonds. The third kappa shape index (κ3) is 7.85. The summed E-state index contributed by atoms with van der Waals surface area (Å²) in [6.07, 6.45) is 5.79. The highest BCUT2D eigenvalue weighted by Gasteiger charge is 2.47. The van der Waals surface area contributed by atoms with Gasteiger partial charge in [-0.15, -0.1) is 0 Å². The number of hydrogen-bond acceptors (Lipinski definition) is 7. The van der Waals surface area contributed by atoms with Crippen molar-refractivity contribution in [3.05, 3.63) is 143 Å². The van der Waals surface area contributed by atoms with Crippen molar-refractivity contribution < 1.29 is 19.1 Å². The van der Waals surface area contributed by atoms with Crippen molar-refractivity contribution >= 4 is 29.5 Å². The van der Waals surface area contributed by atoms with Crippen LogP contribution in [-0.2, 0) is 19.9 Å². The highest BCUT2D eigenvalue weighted by Crippen LogP contribution is 2.40. The average molecular weight is 811 g/mol. The summed E-state index contributed by atoms with van der Waals surface area (Å²) < 4.78 is 5.48. The van der Waals surface area contributed by atoms with Gasteiger partial charge in [-0.3, -0.25) is 14.5 Å². The third-order valence-corrected chi connectivity index (χ3v) is 11.9. The summed E-state index contributed by atoms with van der Waals surface area (Å²) in [5.41, 5.74) is 10.9. The van der Waals surface area contributed by atoms with E-state index in [1.807, 2.05) is 72.6 Å². The molecule has 59 heavy (non-hydrogen) atoms. The van der Waals surface area contributed by atoms with Crippen LogP contribution >= 0.6 is 11.6 Å². The van der Waals surface area contributed by atoms with E-state index in [-0.39, 0.29) is 24.0 Å². The molecule has 0 bridgehead atoms. The number of primary amides is 1. The fraction of sp³-hybridized carbons (Fsp3) is 0.283. The van der Waals surface area contributed by atoms with Crippen molar-refractivity contribution in [1.29, 1.82) is 0 Å². The van der Waals surface area contributed by atoms with Gasteiger partial charge in [0.1, 0.15) is 17.7 Å². The van der Waals surface area contributed by atoms with Gasteiger partial charge in [0.2, 0.25) is 11.5 Å². The number of likely N-dealkylation sites (tertiary alicyclic amines) is 2. The maximum absolute atomic E-state index is 14.1. The lowest BCUT2D eigenvalue weighted by Gasteiger charge is -2.34. The molecule has 4 N–H and O–H groups in total. The predicted octanol–water partition coefficient (Wildman–Crippen LogP) is 8.43. The van der Waals surface area contributed by atoms with Gasteiger partial charge in [0.05, 0.1) is 35.9 Å². The van der Waals surface area contributed by atoms with Crippen molar-refractivity contribution in [2.75, 3.05) is 27.2 Å². The second-order valence-corrected chi connectivity index (χ2v) is 16.0. The standard InChI is InChI=1S/C46H47ClN8O4/c1-46(59-45(48)58,34-13-7-8-14-35(34)47)44(57)55-26-10-16-39(55)42-50-28-37(52-42)32-23-19-30(20-24-32)29-17-21-31(22-18-29)36-27-49-41(51-36)38-15-9-25-54(38)43(56)40(53(2)3)33-11-5-4-6-12-33/h4-8,11-14,17-24,27-28,38-40H,9-10,15-16,25-26H2,1-3H3,(H2,48,58)(H,49,51)(H,50,52)/t38-,39-,40+,46+/m0/s1. The Morgan fingerprint density at radius 1 is 0.746 bits per heavy atom. The number of H-pyrrole nitrogens is 2. The molecule has 4 atom stereocenters. The van der Waals surface area contributed by atoms with Crippen molar-refractivity contribution in [1.82, 2.24) is 34.6 Å². The molecule has 13 heteroatoms. The zero-order valence-corrected chi connectivity index (χ0v) is 34.0. The van der Waals surface area contributed by atoms with E-state index >= 15 is 0 Å². The van der Waals surface area contributed by atoms with Crippen LogP contribution in [0.5, 0.6) is 0 Å². The Kier molecular flexibility index (Phi) is 11.1. The van der Waals surface area contributed by atoms with E-state index in [9.17, 15) is 14.4 Å². The summed E-state index contributed by atoms with van der Waals surface area (Å²) in [6, 6.07) is 32.5. The van der Waals surface area contributed by atoms with E-state index in [0.29, 0.717) is 35.9 Å². The lowest BCUT2D eigenvalue weighted by Crippen LogP contribution is -2.48. The largest absolute Gasteiger partial charge is 0.428 e. The molecule has 0 aliphatic carbocycles. The van der Waals surface area contributed by atoms with Gasteiger partial charge in [0.15, 0.2) is 0 Å². The molecule has 302 valence electrons. The van der Waals surface area contributed by atoms with Crippen molar-refractivity contribution in [3.63, 3.8) is 0 Å². The molecule has 2 aliphatic rings. The first kappa shape index (κ1) is 39.6. The van der Waals surface area contributed by atoms with Crippen LogP contribution in [0.1, 0.15) is 73.5 Å². The van der Waals surface area contributed by atoms with Crippen molar-refractivity contribution in [2.24, 2.45) is 5.73 Å². The number of aromatic amines is 2. The molecule has 2 aromatic heterocycles. The molecular weight excluding hydrogens is 764 g/mol. The van der Waals surface area contributed by atoms with E-state index in [4.69, 9.17) is 27.1 Å². The SMILES string of the molecule is CN(C)[C@@H](C(=O)N1CCC[C@H]1c1ncc(-c2ccc(-c3ccc(-c4cnc([C@@H]5CCCN5C(=O)[C@](C)(OC(N)=O)c5ccccc5Cl)[nH]4)cc3)cc2)[nH]1)c1ccccc1. The Bertz CT molecular complexity index is 2450. The molecular formula is C46H47ClN8O4. The Labute approximate surface area is 348 Å². The molecule has 6 aromatic rings. The first-order valence-corrected chi connectivity index (χ1v) is 20.3. The van der Waals surface area contributed by atoms with Crippen molar-refractivity contribution in [2.45, 2.75) is 56.3 Å². The van der Waals surface area contributed by atoms with Crippen LogP contribution in [0.3, 0.4) is 0 Å². The first-order valence-electron chi connectivity index (χ1n) is 19.9. The van der Waals surface area contributed by atoms with E-state index in [0.717, 1.165) is 64.3 Å². The van der Waals surface area contributed by atoms with E-state index in [1.165, 1.54) is 6.92 Å². The van der Waals surface area contributed by atoms with Gasteiger partial charge in [0, 0.05) is 23.7 Å². The zero-order chi connectivity index (χ0) is 41.3. The van der Waals surface area contributed by atoms with Gasteiger partial charge in [-0.25, -0.2) is 14.8 Å². The van der Waals surface area contributed by atoms with Crippen LogP contribution in [-0.4, -0.2) is 79.7 Å². The van der Waals surface area contributed by atoms with Crippen LogP contribution < -0.4 is 5.73 Å². The van der Waals surface area contributed by atoms with Gasteiger partial charge in [0.25, 0.3) is 5.91 Å². The summed E-state index contributed by atoms with van der Waals surface area (Å²) in [5.74, 6) is 1.12. The van der Waals surface area contributed by atoms with Gasteiger partial charge in [-0.05, 0) is 80.6 Å².